The molecule has 0 amide bonds. The predicted octanol–water partition coefficient (Wildman–Crippen LogP) is 2.35. The van der Waals surface area contributed by atoms with Crippen molar-refractivity contribution in [3.63, 3.8) is 0 Å². The molecule has 1 heterocycles. The predicted molar refractivity (Wildman–Crippen MR) is 78.9 cm³/mol. The first kappa shape index (κ1) is 15.5. The summed E-state index contributed by atoms with van der Waals surface area (Å²) < 4.78 is 16.0. The molecule has 1 aromatic carbocycles. The van der Waals surface area contributed by atoms with Crippen molar-refractivity contribution in [3.05, 3.63) is 30.1 Å². The maximum absolute atomic E-state index is 6.15. The first-order valence-electron chi connectivity index (χ1n) is 7.01. The summed E-state index contributed by atoms with van der Waals surface area (Å²) in [5, 5.41) is 3.95. The Bertz CT molecular complexity index is 564. The lowest BCUT2D eigenvalue weighted by Gasteiger charge is -2.19. The first-order chi connectivity index (χ1) is 10.1. The number of rotatable bonds is 7. The maximum atomic E-state index is 6.15. The highest BCUT2D eigenvalue weighted by molar-refractivity contribution is 5.54. The highest BCUT2D eigenvalue weighted by Crippen LogP contribution is 2.23. The second-order valence-corrected chi connectivity index (χ2v) is 4.94. The molecule has 2 rings (SSSR count). The van der Waals surface area contributed by atoms with Gasteiger partial charge in [0.1, 0.15) is 11.3 Å². The Labute approximate surface area is 124 Å². The minimum Gasteiger partial charge on any atom is -0.494 e. The molecule has 0 spiro atoms. The minimum atomic E-state index is -0.775. The second kappa shape index (κ2) is 6.69. The lowest BCUT2D eigenvalue weighted by molar-refractivity contribution is 0.0962. The molecular formula is C15H21N3O3. The fourth-order valence-corrected chi connectivity index (χ4v) is 1.81. The second-order valence-electron chi connectivity index (χ2n) is 4.94. The molecule has 114 valence electrons. The highest BCUT2D eigenvalue weighted by Gasteiger charge is 2.28. The Morgan fingerprint density at radius 3 is 2.52 bits per heavy atom. The molecule has 0 radical (unpaired) electrons. The summed E-state index contributed by atoms with van der Waals surface area (Å²) in [6, 6.07) is 7.48. The van der Waals surface area contributed by atoms with Crippen LogP contribution in [0.4, 0.5) is 0 Å². The normalized spacial score (nSPS) is 13.9. The van der Waals surface area contributed by atoms with Gasteiger partial charge in [0.25, 0.3) is 5.89 Å². The minimum absolute atomic E-state index is 0.339. The maximum Gasteiger partial charge on any atom is 0.257 e. The molecule has 0 aliphatic heterocycles. The molecule has 0 aliphatic carbocycles. The van der Waals surface area contributed by atoms with Crippen LogP contribution in [0.2, 0.25) is 0 Å². The van der Waals surface area contributed by atoms with E-state index in [-0.39, 0.29) is 0 Å². The smallest absolute Gasteiger partial charge is 0.257 e. The van der Waals surface area contributed by atoms with Gasteiger partial charge in [0.05, 0.1) is 13.2 Å². The Balaban J connectivity index is 2.15. The molecule has 1 unspecified atom stereocenters. The van der Waals surface area contributed by atoms with Crippen molar-refractivity contribution in [2.45, 2.75) is 26.3 Å². The molecule has 0 saturated carbocycles. The Hall–Kier alpha value is -1.92. The van der Waals surface area contributed by atoms with E-state index in [1.165, 1.54) is 0 Å². The van der Waals surface area contributed by atoms with Crippen LogP contribution in [0.15, 0.2) is 28.8 Å². The van der Waals surface area contributed by atoms with Gasteiger partial charge in [-0.3, -0.25) is 0 Å². The number of nitrogens with two attached hydrogens (primary N) is 1. The van der Waals surface area contributed by atoms with Crippen LogP contribution < -0.4 is 10.5 Å². The summed E-state index contributed by atoms with van der Waals surface area (Å²) >= 11 is 0. The Morgan fingerprint density at radius 1 is 1.19 bits per heavy atom. The largest absolute Gasteiger partial charge is 0.494 e. The van der Waals surface area contributed by atoms with Crippen molar-refractivity contribution >= 4 is 0 Å². The van der Waals surface area contributed by atoms with E-state index in [0.717, 1.165) is 11.3 Å². The number of ether oxygens (including phenoxy) is 2. The third-order valence-corrected chi connectivity index (χ3v) is 2.96. The molecule has 0 fully saturated rings. The summed E-state index contributed by atoms with van der Waals surface area (Å²) in [5.41, 5.74) is 6.20. The van der Waals surface area contributed by atoms with E-state index in [4.69, 9.17) is 19.7 Å². The van der Waals surface area contributed by atoms with Gasteiger partial charge in [0.15, 0.2) is 5.82 Å². The summed E-state index contributed by atoms with van der Waals surface area (Å²) in [6.45, 7) is 7.24. The molecule has 2 N–H and O–H groups in total. The van der Waals surface area contributed by atoms with Crippen LogP contribution in [-0.2, 0) is 10.3 Å². The van der Waals surface area contributed by atoms with Crippen LogP contribution in [0, 0.1) is 0 Å². The molecule has 6 nitrogen and oxygen atoms in total. The third kappa shape index (κ3) is 3.80. The standard InChI is InChI=1S/C15H21N3O3/c1-4-19-10-15(3,16)14-17-13(21-18-14)11-6-8-12(9-7-11)20-5-2/h6-9H,4-5,10,16H2,1-3H3. The van der Waals surface area contributed by atoms with E-state index in [2.05, 4.69) is 10.1 Å². The average molecular weight is 291 g/mol. The molecule has 0 bridgehead atoms. The number of hydrogen-bond donors (Lipinski definition) is 1. The van der Waals surface area contributed by atoms with Crippen molar-refractivity contribution in [2.24, 2.45) is 5.73 Å². The van der Waals surface area contributed by atoms with Gasteiger partial charge in [0, 0.05) is 12.2 Å². The Kier molecular flexibility index (Phi) is 4.93. The first-order valence-corrected chi connectivity index (χ1v) is 7.01. The summed E-state index contributed by atoms with van der Waals surface area (Å²) in [7, 11) is 0. The molecule has 1 atom stereocenters. The van der Waals surface area contributed by atoms with Crippen LogP contribution in [0.25, 0.3) is 11.5 Å². The SMILES string of the molecule is CCOCC(C)(N)c1noc(-c2ccc(OCC)cc2)n1. The van der Waals surface area contributed by atoms with E-state index in [1.807, 2.05) is 45.0 Å². The fraction of sp³-hybridized carbons (Fsp3) is 0.467. The summed E-state index contributed by atoms with van der Waals surface area (Å²) in [4.78, 5) is 4.36. The van der Waals surface area contributed by atoms with Gasteiger partial charge in [-0.05, 0) is 45.0 Å². The van der Waals surface area contributed by atoms with Crippen molar-refractivity contribution in [2.75, 3.05) is 19.8 Å². The van der Waals surface area contributed by atoms with Gasteiger partial charge in [-0.1, -0.05) is 5.16 Å². The molecule has 0 saturated heterocycles. The van der Waals surface area contributed by atoms with Gasteiger partial charge in [-0.15, -0.1) is 0 Å². The van der Waals surface area contributed by atoms with Crippen molar-refractivity contribution in [3.8, 4) is 17.2 Å². The van der Waals surface area contributed by atoms with Gasteiger partial charge in [-0.2, -0.15) is 4.98 Å². The quantitative estimate of drug-likeness (QED) is 0.843. The van der Waals surface area contributed by atoms with Crippen LogP contribution in [0.3, 0.4) is 0 Å². The highest BCUT2D eigenvalue weighted by atomic mass is 16.5. The van der Waals surface area contributed by atoms with E-state index in [9.17, 15) is 0 Å². The lowest BCUT2D eigenvalue weighted by atomic mass is 10.1. The molecule has 2 aromatic rings. The van der Waals surface area contributed by atoms with Crippen LogP contribution in [0.5, 0.6) is 5.75 Å². The zero-order valence-corrected chi connectivity index (χ0v) is 12.6. The zero-order valence-electron chi connectivity index (χ0n) is 12.6. The van der Waals surface area contributed by atoms with E-state index in [1.54, 1.807) is 0 Å². The topological polar surface area (TPSA) is 83.4 Å². The zero-order chi connectivity index (χ0) is 15.3. The number of hydrogen-bond acceptors (Lipinski definition) is 6. The van der Waals surface area contributed by atoms with Gasteiger partial charge in [0.2, 0.25) is 0 Å². The molecule has 1 aromatic heterocycles. The molecule has 6 heteroatoms. The summed E-state index contributed by atoms with van der Waals surface area (Å²) in [6.07, 6.45) is 0. The van der Waals surface area contributed by atoms with E-state index in [0.29, 0.717) is 31.5 Å². The van der Waals surface area contributed by atoms with E-state index < -0.39 is 5.54 Å². The van der Waals surface area contributed by atoms with Crippen LogP contribution in [-0.4, -0.2) is 30.0 Å². The number of nitrogens with zero attached hydrogens (tertiary/aromatic N) is 2. The Morgan fingerprint density at radius 2 is 1.90 bits per heavy atom. The molecule has 21 heavy (non-hydrogen) atoms. The van der Waals surface area contributed by atoms with Crippen molar-refractivity contribution in [1.29, 1.82) is 0 Å². The van der Waals surface area contributed by atoms with Crippen LogP contribution in [0.1, 0.15) is 26.6 Å². The van der Waals surface area contributed by atoms with E-state index >= 15 is 0 Å². The fourth-order valence-electron chi connectivity index (χ4n) is 1.81. The molecule has 0 aliphatic rings. The average Bonchev–Trinajstić information content (AvgIpc) is 2.97. The van der Waals surface area contributed by atoms with Gasteiger partial charge in [-0.25, -0.2) is 0 Å². The van der Waals surface area contributed by atoms with Crippen LogP contribution >= 0.6 is 0 Å². The third-order valence-electron chi connectivity index (χ3n) is 2.96. The van der Waals surface area contributed by atoms with Crippen molar-refractivity contribution in [1.82, 2.24) is 10.1 Å². The van der Waals surface area contributed by atoms with Gasteiger partial charge >= 0.3 is 0 Å². The number of benzene rings is 1. The summed E-state index contributed by atoms with van der Waals surface area (Å²) in [5.74, 6) is 1.67. The number of aromatic nitrogens is 2. The molecular weight excluding hydrogens is 270 g/mol. The lowest BCUT2D eigenvalue weighted by Crippen LogP contribution is -2.39. The van der Waals surface area contributed by atoms with Gasteiger partial charge < -0.3 is 19.7 Å². The monoisotopic (exact) mass is 291 g/mol. The van der Waals surface area contributed by atoms with Crippen molar-refractivity contribution < 1.29 is 14.0 Å².